The fourth-order valence-corrected chi connectivity index (χ4v) is 3.68. The van der Waals surface area contributed by atoms with Crippen LogP contribution in [-0.2, 0) is 11.2 Å². The number of likely N-dealkylation sites (tertiary alicyclic amines) is 1. The van der Waals surface area contributed by atoms with Crippen LogP contribution in [0, 0.1) is 5.82 Å². The van der Waals surface area contributed by atoms with E-state index in [4.69, 9.17) is 4.42 Å². The maximum absolute atomic E-state index is 13.4. The van der Waals surface area contributed by atoms with E-state index < -0.39 is 0 Å². The Balaban J connectivity index is 1.38. The van der Waals surface area contributed by atoms with Crippen molar-refractivity contribution in [2.75, 3.05) is 13.1 Å². The molecule has 0 unspecified atom stereocenters. The van der Waals surface area contributed by atoms with Crippen LogP contribution in [-0.4, -0.2) is 34.8 Å². The van der Waals surface area contributed by atoms with Gasteiger partial charge in [-0.15, -0.1) is 0 Å². The van der Waals surface area contributed by atoms with Crippen molar-refractivity contribution in [3.05, 3.63) is 89.4 Å². The van der Waals surface area contributed by atoms with Crippen molar-refractivity contribution in [2.45, 2.75) is 25.3 Å². The van der Waals surface area contributed by atoms with Gasteiger partial charge in [-0.3, -0.25) is 9.59 Å². The molecule has 154 valence electrons. The molecule has 4 rings (SSSR count). The lowest BCUT2D eigenvalue weighted by Gasteiger charge is -2.22. The van der Waals surface area contributed by atoms with E-state index in [2.05, 4.69) is 10.3 Å². The van der Waals surface area contributed by atoms with E-state index >= 15 is 0 Å². The second-order valence-corrected chi connectivity index (χ2v) is 7.27. The van der Waals surface area contributed by atoms with Gasteiger partial charge in [0.1, 0.15) is 17.6 Å². The predicted molar refractivity (Wildman–Crippen MR) is 108 cm³/mol. The summed E-state index contributed by atoms with van der Waals surface area (Å²) in [6.45, 7) is 0.507. The van der Waals surface area contributed by atoms with Gasteiger partial charge in [-0.05, 0) is 42.7 Å². The molecule has 0 radical (unpaired) electrons. The fraction of sp³-hybridized carbons (Fsp3) is 0.261. The van der Waals surface area contributed by atoms with Crippen molar-refractivity contribution in [2.24, 2.45) is 0 Å². The van der Waals surface area contributed by atoms with Gasteiger partial charge in [0.05, 0.1) is 12.7 Å². The van der Waals surface area contributed by atoms with Crippen molar-refractivity contribution in [3.8, 4) is 0 Å². The van der Waals surface area contributed by atoms with Crippen molar-refractivity contribution < 1.29 is 18.4 Å². The first-order chi connectivity index (χ1) is 14.6. The third kappa shape index (κ3) is 4.56. The number of hydrogen-bond donors (Lipinski definition) is 1. The highest BCUT2D eigenvalue weighted by molar-refractivity contribution is 5.96. The first-order valence-electron chi connectivity index (χ1n) is 9.92. The lowest BCUT2D eigenvalue weighted by atomic mass is 10.1. The summed E-state index contributed by atoms with van der Waals surface area (Å²) in [6.07, 6.45) is 3.64. The van der Waals surface area contributed by atoms with Crippen molar-refractivity contribution in [1.29, 1.82) is 0 Å². The molecule has 1 aromatic heterocycles. The topological polar surface area (TPSA) is 75.4 Å². The van der Waals surface area contributed by atoms with Gasteiger partial charge in [-0.25, -0.2) is 9.37 Å². The minimum absolute atomic E-state index is 0.0823. The van der Waals surface area contributed by atoms with E-state index in [0.29, 0.717) is 30.2 Å². The second kappa shape index (κ2) is 8.90. The van der Waals surface area contributed by atoms with Crippen LogP contribution in [0.1, 0.15) is 46.5 Å². The summed E-state index contributed by atoms with van der Waals surface area (Å²) in [6, 6.07) is 14.9. The highest BCUT2D eigenvalue weighted by atomic mass is 19.1. The molecule has 30 heavy (non-hydrogen) atoms. The van der Waals surface area contributed by atoms with E-state index in [-0.39, 0.29) is 30.2 Å². The summed E-state index contributed by atoms with van der Waals surface area (Å²) in [5.41, 5.74) is 1.30. The predicted octanol–water partition coefficient (Wildman–Crippen LogP) is 3.50. The highest BCUT2D eigenvalue weighted by Crippen LogP contribution is 2.31. The average molecular weight is 407 g/mol. The largest absolute Gasteiger partial charge is 0.443 e. The zero-order valence-electron chi connectivity index (χ0n) is 16.4. The molecule has 3 aromatic rings. The Bertz CT molecular complexity index is 1030. The number of rotatable bonds is 6. The molecule has 6 nitrogen and oxygen atoms in total. The number of hydrogen-bond acceptors (Lipinski definition) is 4. The lowest BCUT2D eigenvalue weighted by Crippen LogP contribution is -2.39. The standard InChI is InChI=1S/C23H22FN3O3/c24-18-9-4-6-16(12-18)13-19-14-26-23(30-19)20-10-5-11-27(20)21(28)15-25-22(29)17-7-2-1-3-8-17/h1-4,6-9,12,14,20H,5,10-11,13,15H2,(H,25,29)/t20-/m0/s1. The molecule has 7 heteroatoms. The van der Waals surface area contributed by atoms with Crippen molar-refractivity contribution >= 4 is 11.8 Å². The maximum atomic E-state index is 13.4. The Labute approximate surface area is 173 Å². The quantitative estimate of drug-likeness (QED) is 0.679. The lowest BCUT2D eigenvalue weighted by molar-refractivity contribution is -0.131. The number of aromatic nitrogens is 1. The molecule has 2 aromatic carbocycles. The fourth-order valence-electron chi connectivity index (χ4n) is 3.68. The van der Waals surface area contributed by atoms with Gasteiger partial charge in [0, 0.05) is 18.5 Å². The Kier molecular flexibility index (Phi) is 5.88. The molecule has 2 heterocycles. The normalized spacial score (nSPS) is 15.9. The number of carbonyl (C=O) groups is 2. The second-order valence-electron chi connectivity index (χ2n) is 7.27. The molecular formula is C23H22FN3O3. The first-order valence-corrected chi connectivity index (χ1v) is 9.92. The molecule has 1 saturated heterocycles. The summed E-state index contributed by atoms with van der Waals surface area (Å²) in [4.78, 5) is 30.9. The van der Waals surface area contributed by atoms with Gasteiger partial charge in [0.25, 0.3) is 5.91 Å². The van der Waals surface area contributed by atoms with Crippen LogP contribution >= 0.6 is 0 Å². The van der Waals surface area contributed by atoms with Gasteiger partial charge < -0.3 is 14.6 Å². The number of amides is 2. The molecular weight excluding hydrogens is 385 g/mol. The zero-order valence-corrected chi connectivity index (χ0v) is 16.4. The summed E-state index contributed by atoms with van der Waals surface area (Å²) in [5, 5.41) is 2.67. The molecule has 0 bridgehead atoms. The van der Waals surface area contributed by atoms with Crippen LogP contribution in [0.15, 0.2) is 65.2 Å². The summed E-state index contributed by atoms with van der Waals surface area (Å²) < 4.78 is 19.3. The Morgan fingerprint density at radius 2 is 2.00 bits per heavy atom. The van der Waals surface area contributed by atoms with Crippen molar-refractivity contribution in [3.63, 3.8) is 0 Å². The monoisotopic (exact) mass is 407 g/mol. The number of oxazole rings is 1. The summed E-state index contributed by atoms with van der Waals surface area (Å²) >= 11 is 0. The Morgan fingerprint density at radius 1 is 1.17 bits per heavy atom. The van der Waals surface area contributed by atoms with Crippen LogP contribution in [0.2, 0.25) is 0 Å². The summed E-state index contributed by atoms with van der Waals surface area (Å²) in [7, 11) is 0. The van der Waals surface area contributed by atoms with Crippen LogP contribution in [0.4, 0.5) is 4.39 Å². The zero-order chi connectivity index (χ0) is 20.9. The molecule has 1 aliphatic heterocycles. The summed E-state index contributed by atoms with van der Waals surface area (Å²) in [5.74, 6) is 0.339. The number of benzene rings is 2. The van der Waals surface area contributed by atoms with Crippen LogP contribution < -0.4 is 5.32 Å². The molecule has 0 aliphatic carbocycles. The van der Waals surface area contributed by atoms with Gasteiger partial charge in [0.2, 0.25) is 11.8 Å². The molecule has 0 spiro atoms. The minimum atomic E-state index is -0.294. The number of nitrogens with one attached hydrogen (secondary N) is 1. The van der Waals surface area contributed by atoms with Crippen LogP contribution in [0.3, 0.4) is 0 Å². The molecule has 2 amide bonds. The van der Waals surface area contributed by atoms with Gasteiger partial charge in [0.15, 0.2) is 0 Å². The van der Waals surface area contributed by atoms with E-state index in [1.807, 2.05) is 12.1 Å². The van der Waals surface area contributed by atoms with E-state index in [0.717, 1.165) is 18.4 Å². The van der Waals surface area contributed by atoms with Crippen LogP contribution in [0.5, 0.6) is 0 Å². The van der Waals surface area contributed by atoms with Gasteiger partial charge in [-0.2, -0.15) is 0 Å². The van der Waals surface area contributed by atoms with E-state index in [9.17, 15) is 14.0 Å². The highest BCUT2D eigenvalue weighted by Gasteiger charge is 2.33. The van der Waals surface area contributed by atoms with E-state index in [1.165, 1.54) is 12.1 Å². The van der Waals surface area contributed by atoms with Gasteiger partial charge in [-0.1, -0.05) is 30.3 Å². The Hall–Kier alpha value is -3.48. The van der Waals surface area contributed by atoms with E-state index in [1.54, 1.807) is 41.4 Å². The Morgan fingerprint density at radius 3 is 2.80 bits per heavy atom. The maximum Gasteiger partial charge on any atom is 0.251 e. The van der Waals surface area contributed by atoms with Gasteiger partial charge >= 0.3 is 0 Å². The molecule has 1 aliphatic rings. The third-order valence-corrected chi connectivity index (χ3v) is 5.13. The molecule has 1 N–H and O–H groups in total. The molecule has 1 fully saturated rings. The first kappa shape index (κ1) is 19.8. The van der Waals surface area contributed by atoms with Crippen LogP contribution in [0.25, 0.3) is 0 Å². The van der Waals surface area contributed by atoms with Crippen molar-refractivity contribution in [1.82, 2.24) is 15.2 Å². The number of carbonyl (C=O) groups excluding carboxylic acids is 2. The molecule has 0 saturated carbocycles. The SMILES string of the molecule is O=C(NCC(=O)N1CCC[C@H]1c1ncc(Cc2cccc(F)c2)o1)c1ccccc1. The number of halogens is 1. The number of nitrogens with zero attached hydrogens (tertiary/aromatic N) is 2. The average Bonchev–Trinajstić information content (AvgIpc) is 3.42. The minimum Gasteiger partial charge on any atom is -0.443 e. The third-order valence-electron chi connectivity index (χ3n) is 5.13. The molecule has 1 atom stereocenters. The smallest absolute Gasteiger partial charge is 0.251 e.